The van der Waals surface area contributed by atoms with Crippen molar-refractivity contribution in [2.75, 3.05) is 0 Å². The van der Waals surface area contributed by atoms with Crippen LogP contribution in [0.3, 0.4) is 0 Å². The zero-order chi connectivity index (χ0) is 11.8. The fraction of sp³-hybridized carbons (Fsp3) is 0. The Morgan fingerprint density at radius 3 is 2.65 bits per heavy atom. The van der Waals surface area contributed by atoms with Crippen LogP contribution in [0.25, 0.3) is 16.7 Å². The first kappa shape index (κ1) is 9.65. The minimum Gasteiger partial charge on any atom is -0.508 e. The first-order chi connectivity index (χ1) is 8.25. The molecule has 84 valence electrons. The van der Waals surface area contributed by atoms with Gasteiger partial charge in [-0.25, -0.2) is 4.68 Å². The lowest BCUT2D eigenvalue weighted by Gasteiger charge is -2.05. The lowest BCUT2D eigenvalue weighted by Crippen LogP contribution is -1.96. The third kappa shape index (κ3) is 1.48. The molecule has 5 nitrogen and oxygen atoms in total. The van der Waals surface area contributed by atoms with Crippen molar-refractivity contribution in [3.8, 4) is 17.2 Å². The van der Waals surface area contributed by atoms with Crippen LogP contribution >= 0.6 is 0 Å². The van der Waals surface area contributed by atoms with E-state index in [1.54, 1.807) is 6.07 Å². The van der Waals surface area contributed by atoms with E-state index in [2.05, 4.69) is 10.3 Å². The molecule has 0 fully saturated rings. The summed E-state index contributed by atoms with van der Waals surface area (Å²) in [6.45, 7) is 0. The van der Waals surface area contributed by atoms with Gasteiger partial charge in [0.2, 0.25) is 0 Å². The highest BCUT2D eigenvalue weighted by Crippen LogP contribution is 2.27. The van der Waals surface area contributed by atoms with Crippen molar-refractivity contribution >= 4 is 11.0 Å². The van der Waals surface area contributed by atoms with E-state index in [0.717, 1.165) is 11.0 Å². The van der Waals surface area contributed by atoms with E-state index in [9.17, 15) is 10.2 Å². The molecule has 0 unspecified atom stereocenters. The highest BCUT2D eigenvalue weighted by atomic mass is 16.3. The number of nitrogens with zero attached hydrogens (tertiary/aromatic N) is 3. The Hall–Kier alpha value is -2.56. The summed E-state index contributed by atoms with van der Waals surface area (Å²) in [5.74, 6) is -0.0312. The number of phenols is 2. The summed E-state index contributed by atoms with van der Waals surface area (Å²) in [6.07, 6.45) is 0. The number of phenolic OH excluding ortho intramolecular Hbond substituents is 2. The van der Waals surface area contributed by atoms with Crippen LogP contribution in [0.1, 0.15) is 0 Å². The van der Waals surface area contributed by atoms with Gasteiger partial charge in [0.15, 0.2) is 0 Å². The number of benzene rings is 2. The van der Waals surface area contributed by atoms with E-state index in [4.69, 9.17) is 0 Å². The predicted octanol–water partition coefficient (Wildman–Crippen LogP) is 1.83. The van der Waals surface area contributed by atoms with Gasteiger partial charge in [-0.2, -0.15) is 0 Å². The van der Waals surface area contributed by atoms with Crippen molar-refractivity contribution < 1.29 is 10.2 Å². The number of fused-ring (bicyclic) bond motifs is 1. The molecule has 3 aromatic rings. The van der Waals surface area contributed by atoms with Gasteiger partial charge in [-0.3, -0.25) is 0 Å². The summed E-state index contributed by atoms with van der Waals surface area (Å²) in [5, 5.41) is 27.0. The zero-order valence-corrected chi connectivity index (χ0v) is 8.78. The summed E-state index contributed by atoms with van der Waals surface area (Å²) in [4.78, 5) is 0. The number of rotatable bonds is 1. The van der Waals surface area contributed by atoms with Crippen LogP contribution in [-0.4, -0.2) is 25.2 Å². The summed E-state index contributed by atoms with van der Waals surface area (Å²) in [5.41, 5.74) is 2.03. The van der Waals surface area contributed by atoms with E-state index < -0.39 is 0 Å². The fourth-order valence-electron chi connectivity index (χ4n) is 1.74. The van der Waals surface area contributed by atoms with E-state index in [1.807, 2.05) is 24.3 Å². The topological polar surface area (TPSA) is 71.2 Å². The minimum atomic E-state index is -0.0411. The molecule has 0 aliphatic heterocycles. The van der Waals surface area contributed by atoms with Crippen molar-refractivity contribution in [2.24, 2.45) is 0 Å². The summed E-state index contributed by atoms with van der Waals surface area (Å²) < 4.78 is 1.53. The SMILES string of the molecule is Oc1ccc(-n2nnc3ccccc32)c(O)c1. The van der Waals surface area contributed by atoms with Crippen LogP contribution < -0.4 is 0 Å². The normalized spacial score (nSPS) is 10.8. The second-order valence-corrected chi connectivity index (χ2v) is 3.66. The molecule has 0 atom stereocenters. The number of para-hydroxylation sites is 1. The summed E-state index contributed by atoms with van der Waals surface area (Å²) >= 11 is 0. The standard InChI is InChI=1S/C12H9N3O2/c16-8-5-6-11(12(17)7-8)15-10-4-2-1-3-9(10)13-14-15/h1-7,16-17H. The third-order valence-corrected chi connectivity index (χ3v) is 2.54. The summed E-state index contributed by atoms with van der Waals surface area (Å²) in [6, 6.07) is 11.8. The van der Waals surface area contributed by atoms with Gasteiger partial charge in [-0.05, 0) is 24.3 Å². The molecule has 0 saturated heterocycles. The van der Waals surface area contributed by atoms with Crippen LogP contribution in [0, 0.1) is 0 Å². The highest BCUT2D eigenvalue weighted by molar-refractivity contribution is 5.76. The van der Waals surface area contributed by atoms with Crippen LogP contribution in [-0.2, 0) is 0 Å². The average molecular weight is 227 g/mol. The van der Waals surface area contributed by atoms with Gasteiger partial charge in [0.05, 0.1) is 5.52 Å². The van der Waals surface area contributed by atoms with E-state index in [1.165, 1.54) is 16.8 Å². The molecule has 1 heterocycles. The largest absolute Gasteiger partial charge is 0.508 e. The van der Waals surface area contributed by atoms with Crippen LogP contribution in [0.5, 0.6) is 11.5 Å². The first-order valence-electron chi connectivity index (χ1n) is 5.08. The quantitative estimate of drug-likeness (QED) is 0.665. The molecule has 1 aromatic heterocycles. The molecule has 0 aliphatic carbocycles. The molecule has 5 heteroatoms. The number of aromatic hydroxyl groups is 2. The Bertz CT molecular complexity index is 691. The van der Waals surface area contributed by atoms with E-state index >= 15 is 0 Å². The van der Waals surface area contributed by atoms with Crippen LogP contribution in [0.15, 0.2) is 42.5 Å². The first-order valence-corrected chi connectivity index (χ1v) is 5.08. The van der Waals surface area contributed by atoms with Gasteiger partial charge >= 0.3 is 0 Å². The van der Waals surface area contributed by atoms with Crippen molar-refractivity contribution in [1.82, 2.24) is 15.0 Å². The Kier molecular flexibility index (Phi) is 1.98. The van der Waals surface area contributed by atoms with E-state index in [0.29, 0.717) is 5.69 Å². The number of hydrogen-bond donors (Lipinski definition) is 2. The van der Waals surface area contributed by atoms with Crippen LogP contribution in [0.4, 0.5) is 0 Å². The van der Waals surface area contributed by atoms with Crippen molar-refractivity contribution in [3.63, 3.8) is 0 Å². The maximum absolute atomic E-state index is 9.77. The molecule has 3 rings (SSSR count). The van der Waals surface area contributed by atoms with Crippen molar-refractivity contribution in [3.05, 3.63) is 42.5 Å². The molecule has 0 amide bonds. The minimum absolute atomic E-state index is 0.00988. The lowest BCUT2D eigenvalue weighted by atomic mass is 10.2. The Morgan fingerprint density at radius 2 is 1.82 bits per heavy atom. The molecule has 0 saturated carbocycles. The fourth-order valence-corrected chi connectivity index (χ4v) is 1.74. The number of aromatic nitrogens is 3. The second kappa shape index (κ2) is 3.48. The van der Waals surface area contributed by atoms with Crippen LogP contribution in [0.2, 0.25) is 0 Å². The Labute approximate surface area is 96.6 Å². The van der Waals surface area contributed by atoms with E-state index in [-0.39, 0.29) is 11.5 Å². The van der Waals surface area contributed by atoms with Gasteiger partial charge in [0.25, 0.3) is 0 Å². The monoisotopic (exact) mass is 227 g/mol. The molecule has 0 radical (unpaired) electrons. The molecule has 0 bridgehead atoms. The maximum atomic E-state index is 9.77. The van der Waals surface area contributed by atoms with Crippen molar-refractivity contribution in [2.45, 2.75) is 0 Å². The van der Waals surface area contributed by atoms with Gasteiger partial charge in [0.1, 0.15) is 22.7 Å². The van der Waals surface area contributed by atoms with Crippen molar-refractivity contribution in [1.29, 1.82) is 0 Å². The zero-order valence-electron chi connectivity index (χ0n) is 8.78. The summed E-state index contributed by atoms with van der Waals surface area (Å²) in [7, 11) is 0. The van der Waals surface area contributed by atoms with Gasteiger partial charge in [-0.1, -0.05) is 17.3 Å². The lowest BCUT2D eigenvalue weighted by molar-refractivity contribution is 0.447. The Morgan fingerprint density at radius 1 is 1.00 bits per heavy atom. The molecular weight excluding hydrogens is 218 g/mol. The molecular formula is C12H9N3O2. The number of hydrogen-bond acceptors (Lipinski definition) is 4. The molecule has 17 heavy (non-hydrogen) atoms. The van der Waals surface area contributed by atoms with Gasteiger partial charge < -0.3 is 10.2 Å². The molecule has 2 N–H and O–H groups in total. The predicted molar refractivity (Wildman–Crippen MR) is 62.2 cm³/mol. The highest BCUT2D eigenvalue weighted by Gasteiger charge is 2.09. The smallest absolute Gasteiger partial charge is 0.145 e. The van der Waals surface area contributed by atoms with Gasteiger partial charge in [-0.15, -0.1) is 5.10 Å². The maximum Gasteiger partial charge on any atom is 0.145 e. The Balaban J connectivity index is 2.27. The molecule has 2 aromatic carbocycles. The third-order valence-electron chi connectivity index (χ3n) is 2.54. The van der Waals surface area contributed by atoms with Gasteiger partial charge in [0, 0.05) is 6.07 Å². The molecule has 0 spiro atoms. The average Bonchev–Trinajstić information content (AvgIpc) is 2.73. The molecule has 0 aliphatic rings. The second-order valence-electron chi connectivity index (χ2n) is 3.66.